The Morgan fingerprint density at radius 3 is 2.00 bits per heavy atom. The summed E-state index contributed by atoms with van der Waals surface area (Å²) in [7, 11) is -1.23. The molecule has 16 heteroatoms. The summed E-state index contributed by atoms with van der Waals surface area (Å²) in [5.41, 5.74) is 0. The first kappa shape index (κ1) is 22.4. The Labute approximate surface area is 157 Å². The normalized spacial score (nSPS) is 31.2. The lowest BCUT2D eigenvalue weighted by Crippen LogP contribution is -2.37. The lowest BCUT2D eigenvalue weighted by Gasteiger charge is -2.19. The first-order valence-corrected chi connectivity index (χ1v) is 10.7. The molecule has 0 aromatic carbocycles. The van der Waals surface area contributed by atoms with Gasteiger partial charge in [0, 0.05) is 19.1 Å². The fraction of sp³-hybridized carbons (Fsp3) is 1.00. The number of hydrogen-bond acceptors (Lipinski definition) is 11. The molecule has 2 heterocycles. The van der Waals surface area contributed by atoms with Crippen LogP contribution in [0.3, 0.4) is 0 Å². The van der Waals surface area contributed by atoms with Gasteiger partial charge in [0.15, 0.2) is 11.1 Å². The maximum Gasteiger partial charge on any atom is 0.639 e. The second kappa shape index (κ2) is 11.9. The zero-order valence-electron chi connectivity index (χ0n) is 13.5. The average molecular weight is 438 g/mol. The van der Waals surface area contributed by atoms with Crippen LogP contribution >= 0.6 is 0 Å². The van der Waals surface area contributed by atoms with E-state index >= 15 is 0 Å². The van der Waals surface area contributed by atoms with Crippen molar-refractivity contribution in [1.29, 1.82) is 0 Å². The van der Waals surface area contributed by atoms with Gasteiger partial charge in [-0.3, -0.25) is 16.7 Å². The Morgan fingerprint density at radius 1 is 1.08 bits per heavy atom. The van der Waals surface area contributed by atoms with E-state index in [0.29, 0.717) is 0 Å². The largest absolute Gasteiger partial charge is 0.639 e. The molecule has 0 aromatic rings. The van der Waals surface area contributed by atoms with Crippen LogP contribution in [0.5, 0.6) is 0 Å². The van der Waals surface area contributed by atoms with Gasteiger partial charge in [0.25, 0.3) is 0 Å². The molecule has 0 bridgehead atoms. The van der Waals surface area contributed by atoms with Crippen LogP contribution in [-0.4, -0.2) is 87.2 Å². The van der Waals surface area contributed by atoms with Gasteiger partial charge in [-0.25, -0.2) is 4.21 Å². The Kier molecular flexibility index (Phi) is 10.3. The standard InChI is InChI=1S/C10H19BO12S3/c12-1-8(7-24(13)14)2-17-11(18-3-9-5-20-25(15)22-9)19-4-10-6-21-26(16)23-10/h8-10,12H,1-7H2,(H,13,14). The maximum absolute atomic E-state index is 11.0. The van der Waals surface area contributed by atoms with E-state index in [1.54, 1.807) is 0 Å². The van der Waals surface area contributed by atoms with Gasteiger partial charge in [-0.2, -0.15) is 8.42 Å². The summed E-state index contributed by atoms with van der Waals surface area (Å²) in [6.45, 7) is -0.451. The lowest BCUT2D eigenvalue weighted by atomic mass is 10.1. The van der Waals surface area contributed by atoms with Crippen LogP contribution in [0.4, 0.5) is 0 Å². The van der Waals surface area contributed by atoms with Crippen LogP contribution < -0.4 is 0 Å². The van der Waals surface area contributed by atoms with Gasteiger partial charge < -0.3 is 23.6 Å². The van der Waals surface area contributed by atoms with Crippen molar-refractivity contribution in [3.8, 4) is 0 Å². The molecule has 2 aliphatic rings. The zero-order chi connectivity index (χ0) is 18.9. The molecule has 6 atom stereocenters. The number of hydrogen-bond donors (Lipinski definition) is 2. The molecule has 26 heavy (non-hydrogen) atoms. The zero-order valence-corrected chi connectivity index (χ0v) is 15.9. The van der Waals surface area contributed by atoms with E-state index in [2.05, 4.69) is 0 Å². The van der Waals surface area contributed by atoms with E-state index in [9.17, 15) is 17.7 Å². The second-order valence-corrected chi connectivity index (χ2v) is 7.89. The summed E-state index contributed by atoms with van der Waals surface area (Å²) >= 11 is -5.74. The SMILES string of the molecule is O=S(O)CC(CO)COB(OCC1COS(=O)O1)OCC1COS(=O)O1. The molecule has 152 valence electrons. The molecule has 0 saturated carbocycles. The maximum atomic E-state index is 11.0. The highest BCUT2D eigenvalue weighted by Crippen LogP contribution is 2.13. The fourth-order valence-corrected chi connectivity index (χ4v) is 3.74. The molecule has 0 aromatic heterocycles. The molecular weight excluding hydrogens is 419 g/mol. The number of aliphatic hydroxyl groups is 1. The molecule has 0 aliphatic carbocycles. The molecule has 2 fully saturated rings. The third-order valence-corrected chi connectivity index (χ3v) is 5.34. The Bertz CT molecular complexity index is 480. The van der Waals surface area contributed by atoms with Gasteiger partial charge in [0.1, 0.15) is 12.2 Å². The molecule has 0 amide bonds. The van der Waals surface area contributed by atoms with Crippen molar-refractivity contribution in [2.45, 2.75) is 12.2 Å². The highest BCUT2D eigenvalue weighted by molar-refractivity contribution is 7.79. The molecule has 0 radical (unpaired) electrons. The highest BCUT2D eigenvalue weighted by atomic mass is 32.2. The van der Waals surface area contributed by atoms with Crippen LogP contribution in [-0.2, 0) is 64.5 Å². The number of rotatable bonds is 12. The monoisotopic (exact) mass is 438 g/mol. The molecule has 2 rings (SSSR count). The van der Waals surface area contributed by atoms with Gasteiger partial charge in [-0.05, 0) is 0 Å². The summed E-state index contributed by atoms with van der Waals surface area (Å²) in [5, 5.41) is 9.20. The van der Waals surface area contributed by atoms with Crippen molar-refractivity contribution in [3.05, 3.63) is 0 Å². The van der Waals surface area contributed by atoms with Crippen LogP contribution in [0.25, 0.3) is 0 Å². The van der Waals surface area contributed by atoms with E-state index in [1.165, 1.54) is 0 Å². The predicted molar refractivity (Wildman–Crippen MR) is 87.8 cm³/mol. The van der Waals surface area contributed by atoms with Gasteiger partial charge in [0.2, 0.25) is 0 Å². The molecule has 12 nitrogen and oxygen atoms in total. The van der Waals surface area contributed by atoms with E-state index in [4.69, 9.17) is 35.2 Å². The Morgan fingerprint density at radius 2 is 1.62 bits per heavy atom. The second-order valence-electron chi connectivity index (χ2n) is 5.24. The fourth-order valence-electron chi connectivity index (χ4n) is 1.83. The third-order valence-electron chi connectivity index (χ3n) is 3.07. The van der Waals surface area contributed by atoms with E-state index in [0.717, 1.165) is 0 Å². The summed E-state index contributed by atoms with van der Waals surface area (Å²) in [4.78, 5) is 0. The lowest BCUT2D eigenvalue weighted by molar-refractivity contribution is 0.0317. The summed E-state index contributed by atoms with van der Waals surface area (Å²) in [5.74, 6) is -0.784. The van der Waals surface area contributed by atoms with Gasteiger partial charge in [-0.1, -0.05) is 0 Å². The van der Waals surface area contributed by atoms with Crippen LogP contribution in [0.1, 0.15) is 0 Å². The molecular formula is C10H19BO12S3. The average Bonchev–Trinajstić information content (AvgIpc) is 3.20. The Balaban J connectivity index is 1.79. The molecule has 0 spiro atoms. The summed E-state index contributed by atoms with van der Waals surface area (Å²) in [6, 6.07) is 0. The van der Waals surface area contributed by atoms with Gasteiger partial charge >= 0.3 is 30.0 Å². The minimum absolute atomic E-state index is 0.0555. The predicted octanol–water partition coefficient (Wildman–Crippen LogP) is -2.16. The first-order chi connectivity index (χ1) is 12.5. The highest BCUT2D eigenvalue weighted by Gasteiger charge is 2.32. The minimum Gasteiger partial charge on any atom is -0.396 e. The van der Waals surface area contributed by atoms with E-state index < -0.39 is 59.3 Å². The smallest absolute Gasteiger partial charge is 0.396 e. The molecule has 6 unspecified atom stereocenters. The topological polar surface area (TPSA) is 156 Å². The van der Waals surface area contributed by atoms with Crippen molar-refractivity contribution in [2.24, 2.45) is 5.92 Å². The van der Waals surface area contributed by atoms with Gasteiger partial charge in [0.05, 0.1) is 32.2 Å². The molecule has 2 aliphatic heterocycles. The van der Waals surface area contributed by atoms with Crippen LogP contribution in [0.15, 0.2) is 0 Å². The van der Waals surface area contributed by atoms with Gasteiger partial charge in [-0.15, -0.1) is 0 Å². The van der Waals surface area contributed by atoms with Crippen molar-refractivity contribution in [2.75, 3.05) is 45.4 Å². The third kappa shape index (κ3) is 8.45. The van der Waals surface area contributed by atoms with Crippen LogP contribution in [0.2, 0.25) is 0 Å². The van der Waals surface area contributed by atoms with Crippen molar-refractivity contribution in [1.82, 2.24) is 0 Å². The molecule has 2 N–H and O–H groups in total. The summed E-state index contributed by atoms with van der Waals surface area (Å²) < 4.78 is 77.2. The Hall–Kier alpha value is 0.155. The molecule has 2 saturated heterocycles. The quantitative estimate of drug-likeness (QED) is 0.252. The van der Waals surface area contributed by atoms with Crippen molar-refractivity contribution < 1.29 is 53.0 Å². The first-order valence-electron chi connectivity index (χ1n) is 7.43. The minimum atomic E-state index is -2.09. The van der Waals surface area contributed by atoms with E-state index in [1.807, 2.05) is 0 Å². The van der Waals surface area contributed by atoms with Crippen molar-refractivity contribution in [3.63, 3.8) is 0 Å². The van der Waals surface area contributed by atoms with Crippen molar-refractivity contribution >= 4 is 41.1 Å². The number of aliphatic hydroxyl groups excluding tert-OH is 1. The summed E-state index contributed by atoms with van der Waals surface area (Å²) in [6.07, 6.45) is -1.16. The van der Waals surface area contributed by atoms with E-state index in [-0.39, 0.29) is 45.4 Å². The van der Waals surface area contributed by atoms with Crippen LogP contribution in [0, 0.1) is 5.92 Å².